The van der Waals surface area contributed by atoms with Crippen molar-refractivity contribution in [3.8, 4) is 0 Å². The lowest BCUT2D eigenvalue weighted by Gasteiger charge is -2.26. The van der Waals surface area contributed by atoms with E-state index in [1.54, 1.807) is 0 Å². The van der Waals surface area contributed by atoms with E-state index in [1.165, 1.54) is 0 Å². The summed E-state index contributed by atoms with van der Waals surface area (Å²) in [4.78, 5) is 12.7. The molecular weight excluding hydrogens is 290 g/mol. The van der Waals surface area contributed by atoms with Gasteiger partial charge in [0.2, 0.25) is 5.91 Å². The molecular formula is C17H23N5O. The molecule has 0 bridgehead atoms. The van der Waals surface area contributed by atoms with E-state index < -0.39 is 16.6 Å². The average molecular weight is 313 g/mol. The minimum absolute atomic E-state index is 0.0586. The Labute approximate surface area is 135 Å². The number of pyridine rings is 1. The van der Waals surface area contributed by atoms with E-state index in [1.807, 2.05) is 48.8 Å². The first kappa shape index (κ1) is 14.7. The van der Waals surface area contributed by atoms with Crippen molar-refractivity contribution in [2.75, 3.05) is 13.1 Å². The zero-order chi connectivity index (χ0) is 16.5. The van der Waals surface area contributed by atoms with Gasteiger partial charge < -0.3 is 26.5 Å². The Morgan fingerprint density at radius 2 is 2.04 bits per heavy atom. The van der Waals surface area contributed by atoms with Crippen LogP contribution in [0.5, 0.6) is 0 Å². The predicted octanol–water partition coefficient (Wildman–Crippen LogP) is -0.0814. The third-order valence-electron chi connectivity index (χ3n) is 5.57. The van der Waals surface area contributed by atoms with Crippen LogP contribution in [0.25, 0.3) is 5.52 Å². The van der Waals surface area contributed by atoms with Crippen LogP contribution < -0.4 is 22.1 Å². The molecule has 3 atom stereocenters. The molecule has 1 saturated carbocycles. The first-order valence-electron chi connectivity index (χ1n) is 7.96. The van der Waals surface area contributed by atoms with Crippen LogP contribution in [0.15, 0.2) is 36.7 Å². The second kappa shape index (κ2) is 4.35. The molecule has 1 unspecified atom stereocenters. The quantitative estimate of drug-likeness (QED) is 0.637. The van der Waals surface area contributed by atoms with Crippen LogP contribution >= 0.6 is 0 Å². The molecule has 1 aliphatic heterocycles. The van der Waals surface area contributed by atoms with E-state index in [2.05, 4.69) is 16.7 Å². The van der Waals surface area contributed by atoms with E-state index in [4.69, 9.17) is 11.5 Å². The molecule has 1 saturated heterocycles. The van der Waals surface area contributed by atoms with E-state index in [0.29, 0.717) is 13.1 Å². The minimum atomic E-state index is -0.612. The van der Waals surface area contributed by atoms with Crippen LogP contribution in [0.3, 0.4) is 0 Å². The molecule has 122 valence electrons. The summed E-state index contributed by atoms with van der Waals surface area (Å²) in [5.41, 5.74) is 13.0. The number of nitrogens with one attached hydrogen (secondary N) is 2. The molecule has 2 fully saturated rings. The average Bonchev–Trinajstić information content (AvgIpc) is 2.83. The summed E-state index contributed by atoms with van der Waals surface area (Å²) in [5, 5.41) is 6.30. The SMILES string of the molecule is CC(C)(NC(=O)C1[C@]2(N)CNC[C@]12N)c1cc2ccccn2c1. The van der Waals surface area contributed by atoms with Crippen LogP contribution in [0.4, 0.5) is 0 Å². The van der Waals surface area contributed by atoms with Crippen LogP contribution in [-0.2, 0) is 10.3 Å². The molecule has 6 nitrogen and oxygen atoms in total. The Hall–Kier alpha value is -1.89. The number of amides is 1. The molecule has 3 heterocycles. The molecule has 2 aromatic heterocycles. The van der Waals surface area contributed by atoms with Gasteiger partial charge in [0.15, 0.2) is 0 Å². The highest BCUT2D eigenvalue weighted by Gasteiger charge is 2.78. The molecule has 1 aliphatic carbocycles. The van der Waals surface area contributed by atoms with Gasteiger partial charge in [-0.1, -0.05) is 6.07 Å². The first-order valence-corrected chi connectivity index (χ1v) is 7.96. The number of hydrogen-bond donors (Lipinski definition) is 4. The highest BCUT2D eigenvalue weighted by molar-refractivity contribution is 5.88. The smallest absolute Gasteiger partial charge is 0.227 e. The highest BCUT2D eigenvalue weighted by atomic mass is 16.2. The fraction of sp³-hybridized carbons (Fsp3) is 0.471. The van der Waals surface area contributed by atoms with Gasteiger partial charge >= 0.3 is 0 Å². The molecule has 2 aromatic rings. The van der Waals surface area contributed by atoms with Crippen molar-refractivity contribution in [1.29, 1.82) is 0 Å². The lowest BCUT2D eigenvalue weighted by atomic mass is 9.96. The summed E-state index contributed by atoms with van der Waals surface area (Å²) in [5.74, 6) is -0.385. The van der Waals surface area contributed by atoms with Crippen molar-refractivity contribution >= 4 is 11.4 Å². The van der Waals surface area contributed by atoms with Gasteiger partial charge in [-0.2, -0.15) is 0 Å². The van der Waals surface area contributed by atoms with Gasteiger partial charge in [0, 0.05) is 31.0 Å². The molecule has 2 aliphatic rings. The summed E-state index contributed by atoms with van der Waals surface area (Å²) in [6.45, 7) is 5.20. The van der Waals surface area contributed by atoms with E-state index in [0.717, 1.165) is 11.1 Å². The number of rotatable bonds is 3. The standard InChI is InChI=1S/C17H23N5O/c1-15(2,11-7-12-5-3-4-6-22(12)8-11)21-14(23)13-16(18)9-20-10-17(13,16)19/h3-8,13,20H,9-10,18-19H2,1-2H3,(H,21,23)/t13?,16-,17+. The number of piperidine rings is 1. The largest absolute Gasteiger partial charge is 0.347 e. The van der Waals surface area contributed by atoms with Crippen molar-refractivity contribution in [3.63, 3.8) is 0 Å². The fourth-order valence-corrected chi connectivity index (χ4v) is 3.98. The molecule has 4 rings (SSSR count). The molecule has 0 spiro atoms. The van der Waals surface area contributed by atoms with Crippen LogP contribution in [0, 0.1) is 5.92 Å². The molecule has 23 heavy (non-hydrogen) atoms. The van der Waals surface area contributed by atoms with Crippen molar-refractivity contribution in [1.82, 2.24) is 15.0 Å². The van der Waals surface area contributed by atoms with E-state index >= 15 is 0 Å². The van der Waals surface area contributed by atoms with E-state index in [9.17, 15) is 4.79 Å². The van der Waals surface area contributed by atoms with Gasteiger partial charge in [0.25, 0.3) is 0 Å². The zero-order valence-corrected chi connectivity index (χ0v) is 13.5. The number of nitrogens with zero attached hydrogens (tertiary/aromatic N) is 1. The van der Waals surface area contributed by atoms with Gasteiger partial charge in [-0.15, -0.1) is 0 Å². The Bertz CT molecular complexity index is 748. The minimum Gasteiger partial charge on any atom is -0.347 e. The fourth-order valence-electron chi connectivity index (χ4n) is 3.98. The maximum absolute atomic E-state index is 12.7. The predicted molar refractivity (Wildman–Crippen MR) is 88.8 cm³/mol. The number of nitrogens with two attached hydrogens (primary N) is 2. The first-order chi connectivity index (χ1) is 10.8. The number of carbonyl (C=O) groups excluding carboxylic acids is 1. The summed E-state index contributed by atoms with van der Waals surface area (Å²) in [6.07, 6.45) is 4.04. The van der Waals surface area contributed by atoms with Crippen molar-refractivity contribution < 1.29 is 4.79 Å². The third kappa shape index (κ3) is 1.89. The number of aromatic nitrogens is 1. The van der Waals surface area contributed by atoms with Gasteiger partial charge in [0.05, 0.1) is 22.5 Å². The third-order valence-corrected chi connectivity index (χ3v) is 5.57. The Kier molecular flexibility index (Phi) is 2.77. The lowest BCUT2D eigenvalue weighted by Crippen LogP contribution is -2.46. The van der Waals surface area contributed by atoms with E-state index in [-0.39, 0.29) is 11.8 Å². The van der Waals surface area contributed by atoms with Crippen LogP contribution in [0.2, 0.25) is 0 Å². The molecule has 0 aromatic carbocycles. The number of fused-ring (bicyclic) bond motifs is 2. The second-order valence-electron chi connectivity index (χ2n) is 7.49. The van der Waals surface area contributed by atoms with Crippen molar-refractivity contribution in [2.45, 2.75) is 30.5 Å². The van der Waals surface area contributed by atoms with Gasteiger partial charge in [-0.25, -0.2) is 0 Å². The van der Waals surface area contributed by atoms with Gasteiger partial charge in [-0.3, -0.25) is 4.79 Å². The maximum Gasteiger partial charge on any atom is 0.227 e. The van der Waals surface area contributed by atoms with Gasteiger partial charge in [-0.05, 0) is 37.6 Å². The Balaban J connectivity index is 1.57. The summed E-state index contributed by atoms with van der Waals surface area (Å²) >= 11 is 0. The normalized spacial score (nSPS) is 32.8. The lowest BCUT2D eigenvalue weighted by molar-refractivity contribution is -0.124. The summed E-state index contributed by atoms with van der Waals surface area (Å²) in [7, 11) is 0. The number of carbonyl (C=O) groups is 1. The molecule has 1 amide bonds. The van der Waals surface area contributed by atoms with Crippen LogP contribution in [0.1, 0.15) is 19.4 Å². The molecule has 6 N–H and O–H groups in total. The monoisotopic (exact) mass is 313 g/mol. The zero-order valence-electron chi connectivity index (χ0n) is 13.5. The summed E-state index contributed by atoms with van der Waals surface area (Å²) < 4.78 is 2.05. The number of hydrogen-bond acceptors (Lipinski definition) is 4. The Morgan fingerprint density at radius 3 is 2.70 bits per heavy atom. The van der Waals surface area contributed by atoms with Crippen molar-refractivity contribution in [3.05, 3.63) is 42.2 Å². The van der Waals surface area contributed by atoms with Gasteiger partial charge in [0.1, 0.15) is 0 Å². The summed E-state index contributed by atoms with van der Waals surface area (Å²) in [6, 6.07) is 8.12. The molecule has 0 radical (unpaired) electrons. The molecule has 6 heteroatoms. The highest BCUT2D eigenvalue weighted by Crippen LogP contribution is 2.53. The Morgan fingerprint density at radius 1 is 1.35 bits per heavy atom. The topological polar surface area (TPSA) is 97.6 Å². The second-order valence-corrected chi connectivity index (χ2v) is 7.49. The van der Waals surface area contributed by atoms with Crippen LogP contribution in [-0.4, -0.2) is 34.5 Å². The van der Waals surface area contributed by atoms with Crippen molar-refractivity contribution in [2.24, 2.45) is 17.4 Å². The maximum atomic E-state index is 12.7.